The number of rotatable bonds is 2. The summed E-state index contributed by atoms with van der Waals surface area (Å²) in [6, 6.07) is 4.51. The molecule has 0 unspecified atom stereocenters. The molecule has 0 aliphatic carbocycles. The smallest absolute Gasteiger partial charge is 0.435 e. The summed E-state index contributed by atoms with van der Waals surface area (Å²) in [5, 5.41) is 4.62. The first kappa shape index (κ1) is 15.6. The Morgan fingerprint density at radius 3 is 2.62 bits per heavy atom. The molecule has 0 saturated carbocycles. The van der Waals surface area contributed by atoms with Gasteiger partial charge in [-0.25, -0.2) is 9.18 Å². The van der Waals surface area contributed by atoms with Crippen molar-refractivity contribution < 1.29 is 13.9 Å². The lowest BCUT2D eigenvalue weighted by atomic mass is 10.2. The molecule has 112 valence electrons. The second kappa shape index (κ2) is 5.93. The molecule has 0 amide bonds. The Hall–Kier alpha value is -1.76. The second-order valence-corrected chi connectivity index (χ2v) is 5.97. The van der Waals surface area contributed by atoms with Crippen LogP contribution < -0.4 is 0 Å². The normalized spacial score (nSPS) is 11.5. The van der Waals surface area contributed by atoms with Crippen molar-refractivity contribution in [1.82, 2.24) is 14.8 Å². The van der Waals surface area contributed by atoms with Crippen LogP contribution in [0.1, 0.15) is 26.5 Å². The van der Waals surface area contributed by atoms with Gasteiger partial charge in [0.1, 0.15) is 17.1 Å². The van der Waals surface area contributed by atoms with E-state index < -0.39 is 17.5 Å². The van der Waals surface area contributed by atoms with Gasteiger partial charge in [0.15, 0.2) is 0 Å². The van der Waals surface area contributed by atoms with Crippen LogP contribution in [0.5, 0.6) is 0 Å². The molecule has 0 bridgehead atoms. The van der Waals surface area contributed by atoms with Crippen LogP contribution in [0, 0.1) is 5.82 Å². The third kappa shape index (κ3) is 3.87. The van der Waals surface area contributed by atoms with Crippen LogP contribution in [-0.4, -0.2) is 26.5 Å². The Bertz CT molecular complexity index is 647. The summed E-state index contributed by atoms with van der Waals surface area (Å²) in [6.07, 6.45) is 0.542. The number of carbonyl (C=O) groups is 1. The zero-order valence-electron chi connectivity index (χ0n) is 11.9. The number of pyridine rings is 1. The fraction of sp³-hybridized carbons (Fsp3) is 0.357. The number of nitrogens with zero attached hydrogens (tertiary/aromatic N) is 3. The fourth-order valence-electron chi connectivity index (χ4n) is 1.63. The Labute approximate surface area is 130 Å². The number of halogens is 2. The number of hydrogen-bond acceptors (Lipinski definition) is 4. The average Bonchev–Trinajstić information content (AvgIpc) is 2.82. The van der Waals surface area contributed by atoms with Crippen molar-refractivity contribution in [2.75, 3.05) is 0 Å². The van der Waals surface area contributed by atoms with E-state index in [2.05, 4.69) is 26.0 Å². The van der Waals surface area contributed by atoms with E-state index >= 15 is 0 Å². The predicted molar refractivity (Wildman–Crippen MR) is 79.7 cm³/mol. The highest BCUT2D eigenvalue weighted by molar-refractivity contribution is 9.08. The number of hydrogen-bond donors (Lipinski definition) is 0. The third-order valence-electron chi connectivity index (χ3n) is 2.48. The molecular weight excluding hydrogens is 341 g/mol. The van der Waals surface area contributed by atoms with Gasteiger partial charge in [0.25, 0.3) is 0 Å². The second-order valence-electron chi connectivity index (χ2n) is 5.41. The lowest BCUT2D eigenvalue weighted by Gasteiger charge is -2.19. The van der Waals surface area contributed by atoms with Crippen LogP contribution in [0.25, 0.3) is 11.4 Å². The standard InChI is InChI=1S/C14H15BrFN3O2/c1-14(2,3)21-13(20)19-10(7-15)6-12(18-19)11-5-4-9(16)8-17-11/h4-6,8H,7H2,1-3H3. The molecule has 0 aromatic carbocycles. The van der Waals surface area contributed by atoms with Crippen molar-refractivity contribution in [1.29, 1.82) is 0 Å². The molecule has 0 atom stereocenters. The summed E-state index contributed by atoms with van der Waals surface area (Å²) >= 11 is 3.30. The molecule has 0 spiro atoms. The Balaban J connectivity index is 2.35. The molecule has 0 aliphatic rings. The Kier molecular flexibility index (Phi) is 4.41. The van der Waals surface area contributed by atoms with E-state index in [9.17, 15) is 9.18 Å². The summed E-state index contributed by atoms with van der Waals surface area (Å²) in [6.45, 7) is 5.35. The maximum Gasteiger partial charge on any atom is 0.435 e. The van der Waals surface area contributed by atoms with Gasteiger partial charge in [0.05, 0.1) is 17.6 Å². The largest absolute Gasteiger partial charge is 0.442 e. The zero-order valence-corrected chi connectivity index (χ0v) is 13.5. The lowest BCUT2D eigenvalue weighted by Crippen LogP contribution is -2.28. The molecule has 2 aromatic heterocycles. The van der Waals surface area contributed by atoms with E-state index in [1.807, 2.05) is 0 Å². The van der Waals surface area contributed by atoms with Gasteiger partial charge in [-0.05, 0) is 39.0 Å². The molecule has 5 nitrogen and oxygen atoms in total. The van der Waals surface area contributed by atoms with Crippen LogP contribution in [0.3, 0.4) is 0 Å². The van der Waals surface area contributed by atoms with E-state index in [1.165, 1.54) is 16.8 Å². The van der Waals surface area contributed by atoms with E-state index in [1.54, 1.807) is 26.8 Å². The number of carbonyl (C=O) groups excluding carboxylic acids is 1. The van der Waals surface area contributed by atoms with Gasteiger partial charge in [-0.1, -0.05) is 15.9 Å². The van der Waals surface area contributed by atoms with Crippen LogP contribution in [0.15, 0.2) is 24.4 Å². The van der Waals surface area contributed by atoms with E-state index in [-0.39, 0.29) is 0 Å². The molecular formula is C14H15BrFN3O2. The SMILES string of the molecule is CC(C)(C)OC(=O)n1nc(-c2ccc(F)cn2)cc1CBr. The summed E-state index contributed by atoms with van der Waals surface area (Å²) in [4.78, 5) is 16.1. The summed E-state index contributed by atoms with van der Waals surface area (Å²) in [7, 11) is 0. The molecule has 7 heteroatoms. The topological polar surface area (TPSA) is 57.0 Å². The highest BCUT2D eigenvalue weighted by atomic mass is 79.9. The Morgan fingerprint density at radius 1 is 1.38 bits per heavy atom. The third-order valence-corrected chi connectivity index (χ3v) is 3.05. The molecule has 2 aromatic rings. The van der Waals surface area contributed by atoms with Crippen molar-refractivity contribution in [2.45, 2.75) is 31.7 Å². The van der Waals surface area contributed by atoms with Gasteiger partial charge in [-0.3, -0.25) is 4.98 Å². The first-order valence-electron chi connectivity index (χ1n) is 6.30. The van der Waals surface area contributed by atoms with E-state index in [0.29, 0.717) is 22.4 Å². The van der Waals surface area contributed by atoms with E-state index in [0.717, 1.165) is 6.20 Å². The van der Waals surface area contributed by atoms with Gasteiger partial charge < -0.3 is 4.74 Å². The molecule has 0 aliphatic heterocycles. The summed E-state index contributed by atoms with van der Waals surface area (Å²) in [5.41, 5.74) is 0.988. The number of alkyl halides is 1. The van der Waals surface area contributed by atoms with E-state index in [4.69, 9.17) is 4.74 Å². The van der Waals surface area contributed by atoms with Gasteiger partial charge >= 0.3 is 6.09 Å². The Morgan fingerprint density at radius 2 is 2.10 bits per heavy atom. The molecule has 0 radical (unpaired) electrons. The number of aromatic nitrogens is 3. The lowest BCUT2D eigenvalue weighted by molar-refractivity contribution is 0.0511. The van der Waals surface area contributed by atoms with Gasteiger partial charge in [0, 0.05) is 5.33 Å². The van der Waals surface area contributed by atoms with Crippen LogP contribution in [-0.2, 0) is 10.1 Å². The summed E-state index contributed by atoms with van der Waals surface area (Å²) < 4.78 is 19.4. The maximum absolute atomic E-state index is 12.9. The van der Waals surface area contributed by atoms with Gasteiger partial charge in [-0.15, -0.1) is 0 Å². The first-order valence-corrected chi connectivity index (χ1v) is 7.42. The van der Waals surface area contributed by atoms with Gasteiger partial charge in [0.2, 0.25) is 0 Å². The minimum absolute atomic E-state index is 0.425. The van der Waals surface area contributed by atoms with Crippen molar-refractivity contribution in [3.63, 3.8) is 0 Å². The maximum atomic E-state index is 12.9. The molecule has 0 fully saturated rings. The minimum atomic E-state index is -0.610. The molecule has 2 heterocycles. The average molecular weight is 356 g/mol. The summed E-state index contributed by atoms with van der Waals surface area (Å²) in [5.74, 6) is -0.425. The molecule has 2 rings (SSSR count). The van der Waals surface area contributed by atoms with Crippen molar-refractivity contribution >= 4 is 22.0 Å². The van der Waals surface area contributed by atoms with Crippen molar-refractivity contribution in [2.24, 2.45) is 0 Å². The molecule has 21 heavy (non-hydrogen) atoms. The quantitative estimate of drug-likeness (QED) is 0.769. The van der Waals surface area contributed by atoms with Crippen LogP contribution in [0.4, 0.5) is 9.18 Å². The van der Waals surface area contributed by atoms with Crippen molar-refractivity contribution in [3.05, 3.63) is 35.9 Å². The minimum Gasteiger partial charge on any atom is -0.442 e. The number of ether oxygens (including phenoxy) is 1. The highest BCUT2D eigenvalue weighted by Crippen LogP contribution is 2.20. The van der Waals surface area contributed by atoms with Gasteiger partial charge in [-0.2, -0.15) is 9.78 Å². The van der Waals surface area contributed by atoms with Crippen molar-refractivity contribution in [3.8, 4) is 11.4 Å². The molecule has 0 N–H and O–H groups in total. The monoisotopic (exact) mass is 355 g/mol. The van der Waals surface area contributed by atoms with Crippen LogP contribution in [0.2, 0.25) is 0 Å². The highest BCUT2D eigenvalue weighted by Gasteiger charge is 2.22. The molecule has 0 saturated heterocycles. The zero-order chi connectivity index (χ0) is 15.6. The fourth-order valence-corrected chi connectivity index (χ4v) is 2.03. The van der Waals surface area contributed by atoms with Crippen LogP contribution >= 0.6 is 15.9 Å². The first-order chi connectivity index (χ1) is 9.80. The predicted octanol–water partition coefficient (Wildman–Crippen LogP) is 3.76.